The molecule has 0 bridgehead atoms. The number of aromatic amines is 1. The number of nitrogens with zero attached hydrogens (tertiary/aromatic N) is 3. The van der Waals surface area contributed by atoms with Crippen molar-refractivity contribution < 1.29 is 5.11 Å². The van der Waals surface area contributed by atoms with E-state index in [0.717, 1.165) is 46.7 Å². The normalized spacial score (nSPS) is 20.6. The smallest absolute Gasteiger partial charge is 0.155 e. The molecule has 0 radical (unpaired) electrons. The molecule has 6 heteroatoms. The van der Waals surface area contributed by atoms with Crippen LogP contribution in [0.1, 0.15) is 68.7 Å². The molecule has 2 N–H and O–H groups in total. The Kier molecular flexibility index (Phi) is 6.58. The summed E-state index contributed by atoms with van der Waals surface area (Å²) in [6.07, 6.45) is 9.43. The number of rotatable bonds is 4. The highest BCUT2D eigenvalue weighted by Gasteiger charge is 2.29. The number of H-pyrrole nitrogens is 1. The van der Waals surface area contributed by atoms with E-state index in [1.165, 1.54) is 54.5 Å². The monoisotopic (exact) mass is 528 g/mol. The van der Waals surface area contributed by atoms with Gasteiger partial charge in [-0.2, -0.15) is 5.10 Å². The molecule has 38 heavy (non-hydrogen) atoms. The third kappa shape index (κ3) is 4.66. The fourth-order valence-electron chi connectivity index (χ4n) is 6.64. The first-order valence-corrected chi connectivity index (χ1v) is 14.3. The van der Waals surface area contributed by atoms with Crippen LogP contribution >= 0.6 is 11.6 Å². The number of hydrogen-bond acceptors (Lipinski definition) is 4. The van der Waals surface area contributed by atoms with Gasteiger partial charge in [0.05, 0.1) is 5.60 Å². The Bertz CT molecular complexity index is 1500. The maximum Gasteiger partial charge on any atom is 0.155 e. The molecule has 1 saturated heterocycles. The van der Waals surface area contributed by atoms with Crippen LogP contribution in [-0.2, 0) is 18.4 Å². The molecule has 198 valence electrons. The van der Waals surface area contributed by atoms with Crippen LogP contribution in [0.25, 0.3) is 33.4 Å². The Morgan fingerprint density at radius 3 is 2.47 bits per heavy atom. The lowest BCUT2D eigenvalue weighted by atomic mass is 9.92. The van der Waals surface area contributed by atoms with Gasteiger partial charge in [0.15, 0.2) is 5.65 Å². The molecule has 1 aliphatic heterocycles. The second-order valence-electron chi connectivity index (χ2n) is 11.8. The molecule has 4 aromatic rings. The molecule has 2 aromatic carbocycles. The number of pyridine rings is 1. The molecule has 0 spiro atoms. The van der Waals surface area contributed by atoms with Crippen molar-refractivity contribution in [3.05, 3.63) is 69.9 Å². The lowest BCUT2D eigenvalue weighted by Crippen LogP contribution is -2.37. The predicted molar refractivity (Wildman–Crippen MR) is 156 cm³/mol. The number of aliphatic hydroxyl groups is 1. The highest BCUT2D eigenvalue weighted by atomic mass is 35.5. The number of halogens is 1. The first-order valence-electron chi connectivity index (χ1n) is 13.9. The maximum atomic E-state index is 10.4. The van der Waals surface area contributed by atoms with E-state index in [9.17, 15) is 5.11 Å². The van der Waals surface area contributed by atoms with Crippen LogP contribution in [0.3, 0.4) is 0 Å². The molecule has 5 nitrogen and oxygen atoms in total. The van der Waals surface area contributed by atoms with Gasteiger partial charge in [0, 0.05) is 45.4 Å². The van der Waals surface area contributed by atoms with Gasteiger partial charge >= 0.3 is 0 Å². The number of aryl methyl sites for hydroxylation is 3. The van der Waals surface area contributed by atoms with Crippen molar-refractivity contribution in [2.45, 2.75) is 83.9 Å². The molecule has 1 aliphatic carbocycles. The Morgan fingerprint density at radius 2 is 1.79 bits per heavy atom. The quantitative estimate of drug-likeness (QED) is 0.274. The minimum atomic E-state index is -1.01. The average Bonchev–Trinajstić information content (AvgIpc) is 3.44. The standard InChI is InChI=1S/C32H37ClN4O/c1-19-14-21-7-10-25(37-13-5-6-20(37)2)11-8-22(21)15-26(19)24-16-27-30(35-36-31(27)34-18-24)23-9-12-28(29(33)17-23)32(3,4)38/h9,12,14-18,20,25,38H,5-8,10-11,13H2,1-4H3,(H,34,35,36)/t20-,25?/m1/s1. The van der Waals surface area contributed by atoms with Crippen molar-refractivity contribution in [2.24, 2.45) is 0 Å². The Labute approximate surface area is 230 Å². The van der Waals surface area contributed by atoms with Crippen LogP contribution in [-0.4, -0.2) is 43.8 Å². The summed E-state index contributed by atoms with van der Waals surface area (Å²) in [5.74, 6) is 0. The molecule has 1 unspecified atom stereocenters. The van der Waals surface area contributed by atoms with Gasteiger partial charge in [-0.25, -0.2) is 4.98 Å². The summed E-state index contributed by atoms with van der Waals surface area (Å²) >= 11 is 6.55. The van der Waals surface area contributed by atoms with Gasteiger partial charge in [0.2, 0.25) is 0 Å². The topological polar surface area (TPSA) is 65.0 Å². The van der Waals surface area contributed by atoms with Gasteiger partial charge in [-0.3, -0.25) is 10.00 Å². The van der Waals surface area contributed by atoms with Crippen LogP contribution in [0.15, 0.2) is 42.6 Å². The van der Waals surface area contributed by atoms with Gasteiger partial charge in [-0.15, -0.1) is 0 Å². The fraction of sp³-hybridized carbons (Fsp3) is 0.438. The van der Waals surface area contributed by atoms with Crippen molar-refractivity contribution in [2.75, 3.05) is 6.54 Å². The summed E-state index contributed by atoms with van der Waals surface area (Å²) < 4.78 is 0. The third-order valence-corrected chi connectivity index (χ3v) is 9.06. The minimum Gasteiger partial charge on any atom is -0.386 e. The van der Waals surface area contributed by atoms with E-state index in [2.05, 4.69) is 47.1 Å². The molecule has 3 heterocycles. The van der Waals surface area contributed by atoms with Gasteiger partial charge in [-0.1, -0.05) is 35.9 Å². The van der Waals surface area contributed by atoms with Crippen molar-refractivity contribution in [1.82, 2.24) is 20.1 Å². The van der Waals surface area contributed by atoms with E-state index in [1.807, 2.05) is 24.4 Å². The van der Waals surface area contributed by atoms with Gasteiger partial charge in [0.25, 0.3) is 0 Å². The molecule has 0 saturated carbocycles. The minimum absolute atomic E-state index is 0.526. The van der Waals surface area contributed by atoms with E-state index < -0.39 is 5.60 Å². The first kappa shape index (κ1) is 25.5. The second-order valence-corrected chi connectivity index (χ2v) is 12.2. The number of fused-ring (bicyclic) bond motifs is 2. The highest BCUT2D eigenvalue weighted by Crippen LogP contribution is 2.37. The third-order valence-electron chi connectivity index (χ3n) is 8.74. The van der Waals surface area contributed by atoms with E-state index in [0.29, 0.717) is 16.6 Å². The summed E-state index contributed by atoms with van der Waals surface area (Å²) in [5, 5.41) is 19.6. The fourth-order valence-corrected chi connectivity index (χ4v) is 7.05. The van der Waals surface area contributed by atoms with Gasteiger partial charge < -0.3 is 5.11 Å². The summed E-state index contributed by atoms with van der Waals surface area (Å²) in [7, 11) is 0. The average molecular weight is 529 g/mol. The molecule has 2 atom stereocenters. The van der Waals surface area contributed by atoms with E-state index in [4.69, 9.17) is 16.6 Å². The number of likely N-dealkylation sites (tertiary alicyclic amines) is 1. The zero-order valence-electron chi connectivity index (χ0n) is 22.8. The zero-order chi connectivity index (χ0) is 26.6. The molecular weight excluding hydrogens is 492 g/mol. The molecule has 6 rings (SSSR count). The maximum absolute atomic E-state index is 10.4. The largest absolute Gasteiger partial charge is 0.386 e. The Morgan fingerprint density at radius 1 is 1.03 bits per heavy atom. The van der Waals surface area contributed by atoms with Crippen molar-refractivity contribution in [1.29, 1.82) is 0 Å². The summed E-state index contributed by atoms with van der Waals surface area (Å²) in [6.45, 7) is 9.36. The van der Waals surface area contributed by atoms with Crippen LogP contribution < -0.4 is 0 Å². The van der Waals surface area contributed by atoms with Crippen molar-refractivity contribution >= 4 is 22.6 Å². The van der Waals surface area contributed by atoms with Crippen molar-refractivity contribution in [3.8, 4) is 22.4 Å². The van der Waals surface area contributed by atoms with Crippen LogP contribution in [0.2, 0.25) is 5.02 Å². The predicted octanol–water partition coefficient (Wildman–Crippen LogP) is 7.21. The highest BCUT2D eigenvalue weighted by molar-refractivity contribution is 6.31. The second kappa shape index (κ2) is 9.78. The van der Waals surface area contributed by atoms with Crippen molar-refractivity contribution in [3.63, 3.8) is 0 Å². The summed E-state index contributed by atoms with van der Waals surface area (Å²) in [5.41, 5.74) is 8.80. The van der Waals surface area contributed by atoms with E-state index in [1.54, 1.807) is 13.8 Å². The van der Waals surface area contributed by atoms with Gasteiger partial charge in [0.1, 0.15) is 5.69 Å². The first-order chi connectivity index (χ1) is 18.2. The Hall–Kier alpha value is -2.73. The number of aromatic nitrogens is 3. The lowest BCUT2D eigenvalue weighted by molar-refractivity contribution is 0.0787. The van der Waals surface area contributed by atoms with Crippen LogP contribution in [0.4, 0.5) is 0 Å². The zero-order valence-corrected chi connectivity index (χ0v) is 23.6. The Balaban J connectivity index is 1.33. The molecule has 0 amide bonds. The molecule has 2 aromatic heterocycles. The summed E-state index contributed by atoms with van der Waals surface area (Å²) in [4.78, 5) is 7.49. The van der Waals surface area contributed by atoms with Crippen LogP contribution in [0, 0.1) is 6.92 Å². The molecule has 2 aliphatic rings. The van der Waals surface area contributed by atoms with Gasteiger partial charge in [-0.05, 0) is 107 Å². The number of nitrogens with one attached hydrogen (secondary N) is 1. The summed E-state index contributed by atoms with van der Waals surface area (Å²) in [6, 6.07) is 14.2. The SMILES string of the molecule is Cc1cc2c(cc1-c1cnc3[nH]nc(-c4ccc(C(C)(C)O)c(Cl)c4)c3c1)CCC(N1CCC[C@H]1C)CC2. The number of hydrogen-bond donors (Lipinski definition) is 2. The van der Waals surface area contributed by atoms with Crippen LogP contribution in [0.5, 0.6) is 0 Å². The lowest BCUT2D eigenvalue weighted by Gasteiger charge is -2.30. The molecular formula is C32H37ClN4O. The number of benzene rings is 2. The van der Waals surface area contributed by atoms with E-state index >= 15 is 0 Å². The molecule has 1 fully saturated rings. The van der Waals surface area contributed by atoms with E-state index in [-0.39, 0.29) is 0 Å².